The molecule has 0 saturated carbocycles. The molecule has 190 valence electrons. The number of halogens is 1. The van der Waals surface area contributed by atoms with Crippen molar-refractivity contribution < 1.29 is 21.4 Å². The topological polar surface area (TPSA) is 65.5 Å². The van der Waals surface area contributed by atoms with Gasteiger partial charge in [-0.25, -0.2) is 4.39 Å². The molecule has 2 aromatic rings. The molecule has 1 atom stereocenters. The highest BCUT2D eigenvalue weighted by Gasteiger charge is 2.36. The van der Waals surface area contributed by atoms with Gasteiger partial charge in [0.1, 0.15) is 5.82 Å². The first-order valence-electron chi connectivity index (χ1n) is 11.8. The van der Waals surface area contributed by atoms with Crippen molar-refractivity contribution in [1.29, 1.82) is 0 Å². The van der Waals surface area contributed by atoms with Crippen LogP contribution in [0.1, 0.15) is 88.9 Å². The van der Waals surface area contributed by atoms with E-state index in [1.54, 1.807) is 12.1 Å². The Morgan fingerprint density at radius 1 is 1.00 bits per heavy atom. The maximum atomic E-state index is 13.9. The van der Waals surface area contributed by atoms with Gasteiger partial charge in [-0.05, 0) is 53.6 Å². The van der Waals surface area contributed by atoms with Gasteiger partial charge in [0.2, 0.25) is 0 Å². The summed E-state index contributed by atoms with van der Waals surface area (Å²) in [4.78, 5) is 5.10. The van der Waals surface area contributed by atoms with E-state index in [4.69, 9.17) is 13.6 Å². The molecule has 8 heteroatoms. The lowest BCUT2D eigenvalue weighted by atomic mass is 9.77. The Morgan fingerprint density at radius 3 is 1.94 bits per heavy atom. The minimum atomic E-state index is -3.69. The molecular formula is C26H40FNO4SSi. The highest BCUT2D eigenvalue weighted by molar-refractivity contribution is 7.85. The first kappa shape index (κ1) is 28.6. The summed E-state index contributed by atoms with van der Waals surface area (Å²) in [5, 5.41) is 0. The van der Waals surface area contributed by atoms with Gasteiger partial charge >= 0.3 is 0 Å². The normalized spacial score (nSPS) is 13.8. The molecule has 0 bridgehead atoms. The van der Waals surface area contributed by atoms with E-state index in [9.17, 15) is 12.8 Å². The van der Waals surface area contributed by atoms with Crippen molar-refractivity contribution in [1.82, 2.24) is 4.98 Å². The molecule has 0 radical (unpaired) electrons. The summed E-state index contributed by atoms with van der Waals surface area (Å²) in [6.45, 7) is 18.8. The Hall–Kier alpha value is -1.61. The average molecular weight is 510 g/mol. The van der Waals surface area contributed by atoms with Gasteiger partial charge in [0.05, 0.1) is 19.0 Å². The first-order valence-corrected chi connectivity index (χ1v) is 16.4. The number of hydrogen-bond donors (Lipinski definition) is 0. The average Bonchev–Trinajstić information content (AvgIpc) is 2.68. The van der Waals surface area contributed by atoms with Crippen LogP contribution in [-0.4, -0.2) is 28.7 Å². The Bertz CT molecular complexity index is 1090. The Labute approximate surface area is 207 Å². The van der Waals surface area contributed by atoms with E-state index in [0.717, 1.165) is 34.3 Å². The van der Waals surface area contributed by atoms with Crippen molar-refractivity contribution in [2.45, 2.75) is 86.1 Å². The van der Waals surface area contributed by atoms with Crippen molar-refractivity contribution in [3.05, 3.63) is 52.6 Å². The monoisotopic (exact) mass is 509 g/mol. The van der Waals surface area contributed by atoms with E-state index < -0.39 is 19.2 Å². The van der Waals surface area contributed by atoms with Crippen LogP contribution in [0.2, 0.25) is 13.1 Å². The van der Waals surface area contributed by atoms with Crippen molar-refractivity contribution in [3.63, 3.8) is 0 Å². The molecular weight excluding hydrogens is 469 g/mol. The Balaban J connectivity index is 3.09. The second-order valence-corrected chi connectivity index (χ2v) is 14.9. The molecule has 5 nitrogen and oxygen atoms in total. The zero-order chi connectivity index (χ0) is 26.0. The van der Waals surface area contributed by atoms with Gasteiger partial charge in [0.15, 0.2) is 9.04 Å². The van der Waals surface area contributed by atoms with Gasteiger partial charge in [-0.3, -0.25) is 9.17 Å². The molecule has 1 unspecified atom stereocenters. The molecule has 0 fully saturated rings. The van der Waals surface area contributed by atoms with E-state index in [2.05, 4.69) is 47.7 Å². The van der Waals surface area contributed by atoms with Gasteiger partial charge < -0.3 is 4.43 Å². The van der Waals surface area contributed by atoms with E-state index in [0.29, 0.717) is 5.56 Å². The van der Waals surface area contributed by atoms with Crippen LogP contribution in [-0.2, 0) is 25.3 Å². The summed E-state index contributed by atoms with van der Waals surface area (Å²) >= 11 is 0. The molecule has 2 rings (SSSR count). The van der Waals surface area contributed by atoms with Crippen molar-refractivity contribution in [2.75, 3.05) is 6.26 Å². The smallest absolute Gasteiger partial charge is 0.264 e. The van der Waals surface area contributed by atoms with Crippen LogP contribution in [0.5, 0.6) is 0 Å². The first-order chi connectivity index (χ1) is 15.5. The second kappa shape index (κ2) is 11.0. The SMILES string of the molecule is CC(C)c1nc(C(C)C)c(C(O[SiH](C)C)C(C)(C)C)c(-c2ccc(F)cc2)c1COS(C)(=O)=O. The quantitative estimate of drug-likeness (QED) is 0.278. The third kappa shape index (κ3) is 7.20. The minimum Gasteiger partial charge on any atom is -0.413 e. The van der Waals surface area contributed by atoms with Crippen LogP contribution >= 0.6 is 0 Å². The fraction of sp³-hybridized carbons (Fsp3) is 0.577. The number of nitrogens with zero attached hydrogens (tertiary/aromatic N) is 1. The maximum Gasteiger partial charge on any atom is 0.264 e. The third-order valence-corrected chi connectivity index (χ3v) is 6.86. The minimum absolute atomic E-state index is 0.0254. The maximum absolute atomic E-state index is 13.9. The molecule has 0 aliphatic carbocycles. The number of pyridine rings is 1. The standard InChI is InChI=1S/C26H40FNO4SSi/c1-16(2)23-20(15-31-33(8,29)30)21(18-11-13-19(27)14-12-18)22(24(28-23)17(3)4)25(26(5,6)7)32-34(9)10/h11-14,16-17,25,34H,15H2,1-10H3. The molecule has 34 heavy (non-hydrogen) atoms. The zero-order valence-electron chi connectivity index (χ0n) is 22.2. The summed E-state index contributed by atoms with van der Waals surface area (Å²) in [7, 11) is -5.17. The van der Waals surface area contributed by atoms with E-state index in [1.165, 1.54) is 12.1 Å². The summed E-state index contributed by atoms with van der Waals surface area (Å²) < 4.78 is 49.8. The lowest BCUT2D eigenvalue weighted by Gasteiger charge is -2.37. The molecule has 1 aromatic carbocycles. The second-order valence-electron chi connectivity index (χ2n) is 10.9. The number of benzene rings is 1. The molecule has 0 aliphatic heterocycles. The summed E-state index contributed by atoms with van der Waals surface area (Å²) in [6.07, 6.45) is 0.768. The third-order valence-electron chi connectivity index (χ3n) is 5.50. The number of aromatic nitrogens is 1. The molecule has 0 amide bonds. The van der Waals surface area contributed by atoms with Crippen LogP contribution in [0.15, 0.2) is 24.3 Å². The van der Waals surface area contributed by atoms with Gasteiger partial charge in [0.25, 0.3) is 10.1 Å². The van der Waals surface area contributed by atoms with E-state index >= 15 is 0 Å². The van der Waals surface area contributed by atoms with Gasteiger partial charge in [0, 0.05) is 22.5 Å². The van der Waals surface area contributed by atoms with E-state index in [1.807, 2.05) is 13.8 Å². The van der Waals surface area contributed by atoms with Gasteiger partial charge in [-0.2, -0.15) is 8.42 Å². The van der Waals surface area contributed by atoms with Crippen molar-refractivity contribution in [2.24, 2.45) is 5.41 Å². The fourth-order valence-electron chi connectivity index (χ4n) is 4.09. The van der Waals surface area contributed by atoms with Crippen molar-refractivity contribution >= 4 is 19.2 Å². The lowest BCUT2D eigenvalue weighted by Crippen LogP contribution is -2.29. The van der Waals surface area contributed by atoms with E-state index in [-0.39, 0.29) is 35.8 Å². The van der Waals surface area contributed by atoms with Gasteiger partial charge in [-0.15, -0.1) is 0 Å². The predicted molar refractivity (Wildman–Crippen MR) is 140 cm³/mol. The highest BCUT2D eigenvalue weighted by atomic mass is 32.2. The molecule has 1 heterocycles. The zero-order valence-corrected chi connectivity index (χ0v) is 24.2. The number of rotatable bonds is 9. The molecule has 0 saturated heterocycles. The lowest BCUT2D eigenvalue weighted by molar-refractivity contribution is 0.0854. The van der Waals surface area contributed by atoms with Crippen LogP contribution in [0, 0.1) is 11.2 Å². The molecule has 0 aliphatic rings. The van der Waals surface area contributed by atoms with Crippen LogP contribution < -0.4 is 0 Å². The molecule has 0 N–H and O–H groups in total. The molecule has 1 aromatic heterocycles. The van der Waals surface area contributed by atoms with Crippen molar-refractivity contribution in [3.8, 4) is 11.1 Å². The van der Waals surface area contributed by atoms with Crippen LogP contribution in [0.4, 0.5) is 4.39 Å². The Morgan fingerprint density at radius 2 is 1.53 bits per heavy atom. The fourth-order valence-corrected chi connectivity index (χ4v) is 5.52. The predicted octanol–water partition coefficient (Wildman–Crippen LogP) is 6.70. The van der Waals surface area contributed by atoms with Crippen LogP contribution in [0.25, 0.3) is 11.1 Å². The summed E-state index contributed by atoms with van der Waals surface area (Å²) in [5.41, 5.74) is 4.71. The summed E-state index contributed by atoms with van der Waals surface area (Å²) in [5.74, 6) is -0.212. The molecule has 0 spiro atoms. The highest BCUT2D eigenvalue weighted by Crippen LogP contribution is 2.47. The largest absolute Gasteiger partial charge is 0.413 e. The van der Waals surface area contributed by atoms with Gasteiger partial charge in [-0.1, -0.05) is 60.6 Å². The summed E-state index contributed by atoms with van der Waals surface area (Å²) in [6, 6.07) is 6.32. The number of hydrogen-bond acceptors (Lipinski definition) is 5. The Kier molecular flexibility index (Phi) is 9.24. The van der Waals surface area contributed by atoms with Crippen LogP contribution in [0.3, 0.4) is 0 Å².